The van der Waals surface area contributed by atoms with Crippen LogP contribution in [0.15, 0.2) is 87.8 Å². The summed E-state index contributed by atoms with van der Waals surface area (Å²) < 4.78 is 30.4. The SMILES string of the molecule is CCCOc1ccccc1[C@@H]1C(C(=O)OCCOC)=C(C)N=c2s/c(=C/c3ccc(OCc4cccc(C)c4)c(OC)c3)c(=O)n21. The van der Waals surface area contributed by atoms with Gasteiger partial charge in [0.25, 0.3) is 5.56 Å². The third-order valence-electron chi connectivity index (χ3n) is 7.40. The molecular weight excluding hydrogens is 604 g/mol. The zero-order chi connectivity index (χ0) is 32.6. The Kier molecular flexibility index (Phi) is 10.7. The molecule has 1 aromatic heterocycles. The van der Waals surface area contributed by atoms with Crippen LogP contribution in [0.25, 0.3) is 6.08 Å². The van der Waals surface area contributed by atoms with Crippen molar-refractivity contribution in [1.29, 1.82) is 0 Å². The van der Waals surface area contributed by atoms with E-state index < -0.39 is 12.0 Å². The molecule has 240 valence electrons. The van der Waals surface area contributed by atoms with E-state index in [2.05, 4.69) is 6.07 Å². The zero-order valence-electron chi connectivity index (χ0n) is 26.7. The molecule has 3 aromatic carbocycles. The normalized spacial score (nSPS) is 14.5. The van der Waals surface area contributed by atoms with E-state index in [4.69, 9.17) is 28.7 Å². The van der Waals surface area contributed by atoms with E-state index in [9.17, 15) is 9.59 Å². The van der Waals surface area contributed by atoms with Crippen molar-refractivity contribution in [3.05, 3.63) is 120 Å². The number of para-hydroxylation sites is 1. The number of hydrogen-bond donors (Lipinski definition) is 0. The standard InChI is InChI=1S/C36H38N2O7S/c1-6-16-43-28-13-8-7-12-27(28)33-32(35(40)44-18-17-41-4)24(3)37-36-38(33)34(39)31(46-36)21-25-14-15-29(30(20-25)42-5)45-22-26-11-9-10-23(2)19-26/h7-15,19-21,33H,6,16-18,22H2,1-5H3/b31-21+/t33-/m1/s1. The molecule has 1 aliphatic heterocycles. The molecule has 0 spiro atoms. The number of esters is 1. The van der Waals surface area contributed by atoms with Crippen LogP contribution in [0, 0.1) is 6.92 Å². The Morgan fingerprint density at radius 3 is 2.52 bits per heavy atom. The molecule has 0 radical (unpaired) electrons. The van der Waals surface area contributed by atoms with Gasteiger partial charge in [-0.15, -0.1) is 0 Å². The molecule has 5 rings (SSSR count). The van der Waals surface area contributed by atoms with Crippen LogP contribution in [0.1, 0.15) is 48.6 Å². The van der Waals surface area contributed by atoms with Crippen molar-refractivity contribution in [3.63, 3.8) is 0 Å². The van der Waals surface area contributed by atoms with Gasteiger partial charge in [-0.25, -0.2) is 9.79 Å². The van der Waals surface area contributed by atoms with E-state index in [1.165, 1.54) is 18.4 Å². The molecule has 9 nitrogen and oxygen atoms in total. The molecule has 0 aliphatic carbocycles. The maximum absolute atomic E-state index is 14.2. The fourth-order valence-corrected chi connectivity index (χ4v) is 6.28. The Balaban J connectivity index is 1.55. The lowest BCUT2D eigenvalue weighted by Crippen LogP contribution is -2.40. The van der Waals surface area contributed by atoms with Gasteiger partial charge in [-0.1, -0.05) is 72.4 Å². The van der Waals surface area contributed by atoms with Crippen molar-refractivity contribution in [2.24, 2.45) is 4.99 Å². The van der Waals surface area contributed by atoms with Crippen LogP contribution in [-0.4, -0.2) is 44.6 Å². The van der Waals surface area contributed by atoms with E-state index in [0.29, 0.717) is 51.1 Å². The second kappa shape index (κ2) is 15.1. The molecule has 0 saturated heterocycles. The number of aryl methyl sites for hydroxylation is 1. The van der Waals surface area contributed by atoms with Gasteiger partial charge in [-0.05, 0) is 55.7 Å². The van der Waals surface area contributed by atoms with Crippen LogP contribution in [-0.2, 0) is 20.9 Å². The van der Waals surface area contributed by atoms with Crippen molar-refractivity contribution < 1.29 is 28.5 Å². The number of fused-ring (bicyclic) bond motifs is 1. The van der Waals surface area contributed by atoms with Crippen LogP contribution in [0.2, 0.25) is 0 Å². The predicted octanol–water partition coefficient (Wildman–Crippen LogP) is 5.11. The monoisotopic (exact) mass is 642 g/mol. The van der Waals surface area contributed by atoms with Crippen LogP contribution >= 0.6 is 11.3 Å². The lowest BCUT2D eigenvalue weighted by molar-refractivity contribution is -0.140. The molecule has 1 atom stereocenters. The lowest BCUT2D eigenvalue weighted by atomic mass is 9.95. The first-order chi connectivity index (χ1) is 22.3. The van der Waals surface area contributed by atoms with Gasteiger partial charge >= 0.3 is 5.97 Å². The number of methoxy groups -OCH3 is 2. The van der Waals surface area contributed by atoms with Gasteiger partial charge in [-0.3, -0.25) is 9.36 Å². The maximum atomic E-state index is 14.2. The van der Waals surface area contributed by atoms with Crippen LogP contribution in [0.5, 0.6) is 17.2 Å². The first-order valence-corrected chi connectivity index (χ1v) is 15.9. The molecule has 0 N–H and O–H groups in total. The lowest BCUT2D eigenvalue weighted by Gasteiger charge is -2.26. The second-order valence-electron chi connectivity index (χ2n) is 10.8. The molecule has 10 heteroatoms. The van der Waals surface area contributed by atoms with Gasteiger partial charge in [-0.2, -0.15) is 0 Å². The first kappa shape index (κ1) is 32.7. The van der Waals surface area contributed by atoms with Crippen molar-refractivity contribution >= 4 is 23.4 Å². The molecule has 0 saturated carbocycles. The Labute approximate surface area is 272 Å². The van der Waals surface area contributed by atoms with Gasteiger partial charge in [0.1, 0.15) is 25.0 Å². The summed E-state index contributed by atoms with van der Waals surface area (Å²) in [5, 5.41) is 0. The topological polar surface area (TPSA) is 97.6 Å². The quantitative estimate of drug-likeness (QED) is 0.148. The third kappa shape index (κ3) is 7.24. The molecule has 1 aliphatic rings. The zero-order valence-corrected chi connectivity index (χ0v) is 27.5. The summed E-state index contributed by atoms with van der Waals surface area (Å²) in [5.41, 5.74) is 4.11. The number of ether oxygens (including phenoxy) is 5. The molecule has 0 unspecified atom stereocenters. The van der Waals surface area contributed by atoms with Crippen molar-refractivity contribution in [2.75, 3.05) is 34.0 Å². The van der Waals surface area contributed by atoms with Gasteiger partial charge in [0.05, 0.1) is 36.1 Å². The highest BCUT2D eigenvalue weighted by atomic mass is 32.1. The highest BCUT2D eigenvalue weighted by molar-refractivity contribution is 7.07. The first-order valence-electron chi connectivity index (χ1n) is 15.1. The number of rotatable bonds is 13. The Morgan fingerprint density at radius 2 is 1.76 bits per heavy atom. The number of aromatic nitrogens is 1. The summed E-state index contributed by atoms with van der Waals surface area (Å²) >= 11 is 1.25. The summed E-state index contributed by atoms with van der Waals surface area (Å²) in [5.74, 6) is 1.17. The smallest absolute Gasteiger partial charge is 0.338 e. The fraction of sp³-hybridized carbons (Fsp3) is 0.306. The minimum Gasteiger partial charge on any atom is -0.493 e. The van der Waals surface area contributed by atoms with Crippen LogP contribution in [0.4, 0.5) is 0 Å². The summed E-state index contributed by atoms with van der Waals surface area (Å²) in [6, 6.07) is 20.3. The number of thiazole rings is 1. The van der Waals surface area contributed by atoms with E-state index in [1.54, 1.807) is 24.7 Å². The highest BCUT2D eigenvalue weighted by Gasteiger charge is 2.35. The number of benzene rings is 3. The van der Waals surface area contributed by atoms with E-state index >= 15 is 0 Å². The Hall–Kier alpha value is -4.67. The molecule has 4 aromatic rings. The summed E-state index contributed by atoms with van der Waals surface area (Å²) in [4.78, 5) is 32.8. The van der Waals surface area contributed by atoms with Crippen molar-refractivity contribution in [1.82, 2.24) is 4.57 Å². The van der Waals surface area contributed by atoms with Crippen LogP contribution < -0.4 is 29.1 Å². The molecule has 0 bridgehead atoms. The third-order valence-corrected chi connectivity index (χ3v) is 8.38. The average Bonchev–Trinajstić information content (AvgIpc) is 3.36. The van der Waals surface area contributed by atoms with E-state index in [-0.39, 0.29) is 24.3 Å². The number of hydrogen-bond acceptors (Lipinski definition) is 9. The second-order valence-corrected chi connectivity index (χ2v) is 11.8. The Morgan fingerprint density at radius 1 is 0.935 bits per heavy atom. The predicted molar refractivity (Wildman–Crippen MR) is 177 cm³/mol. The van der Waals surface area contributed by atoms with Gasteiger partial charge < -0.3 is 23.7 Å². The number of carbonyl (C=O) groups excluding carboxylic acids is 1. The van der Waals surface area contributed by atoms with Crippen molar-refractivity contribution in [3.8, 4) is 17.2 Å². The summed E-state index contributed by atoms with van der Waals surface area (Å²) in [6.45, 7) is 7.03. The molecule has 0 amide bonds. The number of carbonyl (C=O) groups is 1. The minimum absolute atomic E-state index is 0.0732. The summed E-state index contributed by atoms with van der Waals surface area (Å²) in [6.07, 6.45) is 2.60. The van der Waals surface area contributed by atoms with E-state index in [1.807, 2.05) is 74.5 Å². The maximum Gasteiger partial charge on any atom is 0.338 e. The van der Waals surface area contributed by atoms with E-state index in [0.717, 1.165) is 23.1 Å². The number of allylic oxidation sites excluding steroid dienone is 1. The minimum atomic E-state index is -0.798. The van der Waals surface area contributed by atoms with Gasteiger partial charge in [0.15, 0.2) is 16.3 Å². The summed E-state index contributed by atoms with van der Waals surface area (Å²) in [7, 11) is 3.12. The van der Waals surface area contributed by atoms with Gasteiger partial charge in [0.2, 0.25) is 0 Å². The largest absolute Gasteiger partial charge is 0.493 e. The van der Waals surface area contributed by atoms with Crippen LogP contribution in [0.3, 0.4) is 0 Å². The average molecular weight is 643 g/mol. The fourth-order valence-electron chi connectivity index (χ4n) is 5.23. The molecule has 2 heterocycles. The number of nitrogens with zero attached hydrogens (tertiary/aromatic N) is 2. The van der Waals surface area contributed by atoms with Crippen molar-refractivity contribution in [2.45, 2.75) is 39.8 Å². The molecule has 46 heavy (non-hydrogen) atoms. The highest BCUT2D eigenvalue weighted by Crippen LogP contribution is 2.36. The van der Waals surface area contributed by atoms with Gasteiger partial charge in [0, 0.05) is 12.7 Å². The molecular formula is C36H38N2O7S. The molecule has 0 fully saturated rings. The Bertz CT molecular complexity index is 1920.